The molecule has 6 nitrogen and oxygen atoms in total. The van der Waals surface area contributed by atoms with Crippen LogP contribution < -0.4 is 23.7 Å². The molecule has 0 aromatic heterocycles. The zero-order valence-electron chi connectivity index (χ0n) is 15.2. The smallest absolute Gasteiger partial charge is 0.231 e. The van der Waals surface area contributed by atoms with E-state index >= 15 is 0 Å². The average molecular weight is 358 g/mol. The van der Waals surface area contributed by atoms with Crippen LogP contribution in [0, 0.1) is 5.92 Å². The number of hydrogen-bond acceptors (Lipinski definition) is 6. The summed E-state index contributed by atoms with van der Waals surface area (Å²) in [5.41, 5.74) is 1.84. The third-order valence-corrected chi connectivity index (χ3v) is 5.27. The Bertz CT molecular complexity index is 844. The molecule has 2 aromatic rings. The molecule has 138 valence electrons. The molecule has 0 spiro atoms. The van der Waals surface area contributed by atoms with Gasteiger partial charge in [0.15, 0.2) is 11.5 Å². The van der Waals surface area contributed by atoms with Crippen molar-refractivity contribution in [3.8, 4) is 28.7 Å². The third kappa shape index (κ3) is 2.52. The molecule has 2 aliphatic rings. The topological polar surface area (TPSA) is 66.4 Å². The Morgan fingerprint density at radius 1 is 1.00 bits per heavy atom. The second-order valence-corrected chi connectivity index (χ2v) is 6.77. The van der Waals surface area contributed by atoms with Crippen LogP contribution >= 0.6 is 0 Å². The second-order valence-electron chi connectivity index (χ2n) is 6.77. The van der Waals surface area contributed by atoms with Crippen LogP contribution in [0.15, 0.2) is 30.3 Å². The Hall–Kier alpha value is -2.60. The number of benzene rings is 2. The van der Waals surface area contributed by atoms with Crippen LogP contribution in [-0.2, 0) is 0 Å². The Morgan fingerprint density at radius 3 is 2.42 bits per heavy atom. The molecule has 3 atom stereocenters. The van der Waals surface area contributed by atoms with Crippen molar-refractivity contribution in [2.45, 2.75) is 25.6 Å². The minimum atomic E-state index is -1.35. The molecule has 1 N–H and O–H groups in total. The summed E-state index contributed by atoms with van der Waals surface area (Å²) >= 11 is 0. The molecule has 0 bridgehead atoms. The molecule has 0 saturated carbocycles. The molecule has 4 rings (SSSR count). The Kier molecular flexibility index (Phi) is 3.88. The first-order chi connectivity index (χ1) is 12.4. The fraction of sp³-hybridized carbons (Fsp3) is 0.400. The van der Waals surface area contributed by atoms with Crippen molar-refractivity contribution in [2.24, 2.45) is 5.92 Å². The normalized spacial score (nSPS) is 26.0. The SMILES string of the molecule is COc1ccc(OC)c([C@@H]2c3cc4c(cc3O[C@@](C)(O)[C@H]2C)OCO4)c1. The lowest BCUT2D eigenvalue weighted by Gasteiger charge is -2.42. The van der Waals surface area contributed by atoms with E-state index in [1.54, 1.807) is 27.2 Å². The van der Waals surface area contributed by atoms with Crippen LogP contribution in [0.25, 0.3) is 0 Å². The standard InChI is InChI=1S/C20H22O6/c1-11-19(13-7-12(22-3)5-6-15(13)23-4)14-8-17-18(25-10-24-17)9-16(14)26-20(11,2)21/h5-9,11,19,21H,10H2,1-4H3/t11-,19+,20+/m0/s1. The Labute approximate surface area is 152 Å². The molecule has 2 heterocycles. The lowest BCUT2D eigenvalue weighted by molar-refractivity contribution is -0.171. The second kappa shape index (κ2) is 5.99. The van der Waals surface area contributed by atoms with E-state index in [2.05, 4.69) is 0 Å². The molecule has 0 unspecified atom stereocenters. The Morgan fingerprint density at radius 2 is 1.73 bits per heavy atom. The van der Waals surface area contributed by atoms with Gasteiger partial charge in [0.2, 0.25) is 12.6 Å². The van der Waals surface area contributed by atoms with Crippen molar-refractivity contribution in [2.75, 3.05) is 21.0 Å². The van der Waals surface area contributed by atoms with Gasteiger partial charge in [0, 0.05) is 36.0 Å². The predicted octanol–water partition coefficient (Wildman–Crippen LogP) is 3.30. The molecular formula is C20H22O6. The van der Waals surface area contributed by atoms with Crippen LogP contribution in [0.4, 0.5) is 0 Å². The van der Waals surface area contributed by atoms with Gasteiger partial charge in [-0.3, -0.25) is 0 Å². The van der Waals surface area contributed by atoms with E-state index < -0.39 is 5.79 Å². The summed E-state index contributed by atoms with van der Waals surface area (Å²) in [6.45, 7) is 3.80. The fourth-order valence-electron chi connectivity index (χ4n) is 3.68. The highest BCUT2D eigenvalue weighted by Gasteiger charge is 2.45. The number of ether oxygens (including phenoxy) is 5. The van der Waals surface area contributed by atoms with Crippen molar-refractivity contribution in [1.29, 1.82) is 0 Å². The van der Waals surface area contributed by atoms with E-state index in [1.165, 1.54) is 0 Å². The summed E-state index contributed by atoms with van der Waals surface area (Å²) in [5.74, 6) is 1.56. The Balaban J connectivity index is 1.93. The fourth-order valence-corrected chi connectivity index (χ4v) is 3.68. The van der Waals surface area contributed by atoms with Crippen molar-refractivity contribution >= 4 is 0 Å². The summed E-state index contributed by atoms with van der Waals surface area (Å²) < 4.78 is 27.9. The van der Waals surface area contributed by atoms with Gasteiger partial charge in [0.25, 0.3) is 0 Å². The van der Waals surface area contributed by atoms with Crippen molar-refractivity contribution < 1.29 is 28.8 Å². The first-order valence-corrected chi connectivity index (χ1v) is 8.51. The van der Waals surface area contributed by atoms with Gasteiger partial charge in [-0.1, -0.05) is 6.92 Å². The zero-order chi connectivity index (χ0) is 18.5. The molecule has 26 heavy (non-hydrogen) atoms. The van der Waals surface area contributed by atoms with Crippen molar-refractivity contribution in [3.05, 3.63) is 41.5 Å². The van der Waals surface area contributed by atoms with Gasteiger partial charge in [-0.05, 0) is 24.3 Å². The lowest BCUT2D eigenvalue weighted by atomic mass is 9.75. The van der Waals surface area contributed by atoms with Crippen molar-refractivity contribution in [3.63, 3.8) is 0 Å². The summed E-state index contributed by atoms with van der Waals surface area (Å²) in [5, 5.41) is 10.9. The summed E-state index contributed by atoms with van der Waals surface area (Å²) in [6, 6.07) is 9.36. The summed E-state index contributed by atoms with van der Waals surface area (Å²) in [6.07, 6.45) is 0. The van der Waals surface area contributed by atoms with Gasteiger partial charge in [-0.25, -0.2) is 0 Å². The van der Waals surface area contributed by atoms with Gasteiger partial charge in [-0.15, -0.1) is 0 Å². The van der Waals surface area contributed by atoms with Gasteiger partial charge >= 0.3 is 0 Å². The van der Waals surface area contributed by atoms with E-state index in [4.69, 9.17) is 23.7 Å². The van der Waals surface area contributed by atoms with Gasteiger partial charge in [-0.2, -0.15) is 0 Å². The van der Waals surface area contributed by atoms with Gasteiger partial charge < -0.3 is 28.8 Å². The van der Waals surface area contributed by atoms with E-state index in [-0.39, 0.29) is 18.6 Å². The van der Waals surface area contributed by atoms with Crippen LogP contribution in [0.1, 0.15) is 30.9 Å². The highest BCUT2D eigenvalue weighted by atomic mass is 16.7. The highest BCUT2D eigenvalue weighted by Crippen LogP contribution is 2.53. The number of aliphatic hydroxyl groups is 1. The molecule has 6 heteroatoms. The van der Waals surface area contributed by atoms with E-state index in [9.17, 15) is 5.11 Å². The molecule has 2 aliphatic heterocycles. The monoisotopic (exact) mass is 358 g/mol. The first-order valence-electron chi connectivity index (χ1n) is 8.51. The lowest BCUT2D eigenvalue weighted by Crippen LogP contribution is -2.45. The van der Waals surface area contributed by atoms with Crippen LogP contribution in [0.2, 0.25) is 0 Å². The van der Waals surface area contributed by atoms with Gasteiger partial charge in [0.05, 0.1) is 14.2 Å². The van der Waals surface area contributed by atoms with E-state index in [0.29, 0.717) is 17.2 Å². The van der Waals surface area contributed by atoms with Crippen molar-refractivity contribution in [1.82, 2.24) is 0 Å². The maximum atomic E-state index is 10.9. The van der Waals surface area contributed by atoms with E-state index in [0.717, 1.165) is 22.6 Å². The van der Waals surface area contributed by atoms with Crippen LogP contribution in [0.3, 0.4) is 0 Å². The highest BCUT2D eigenvalue weighted by molar-refractivity contribution is 5.58. The molecule has 0 saturated heterocycles. The zero-order valence-corrected chi connectivity index (χ0v) is 15.2. The minimum absolute atomic E-state index is 0.173. The van der Waals surface area contributed by atoms with Crippen LogP contribution in [0.5, 0.6) is 28.7 Å². The minimum Gasteiger partial charge on any atom is -0.497 e. The summed E-state index contributed by atoms with van der Waals surface area (Å²) in [7, 11) is 3.26. The number of hydrogen-bond donors (Lipinski definition) is 1. The molecule has 0 fully saturated rings. The van der Waals surface area contributed by atoms with E-state index in [1.807, 2.05) is 31.2 Å². The van der Waals surface area contributed by atoms with Gasteiger partial charge in [0.1, 0.15) is 17.2 Å². The molecule has 0 aliphatic carbocycles. The maximum absolute atomic E-state index is 10.9. The molecule has 0 amide bonds. The quantitative estimate of drug-likeness (QED) is 0.908. The number of methoxy groups -OCH3 is 2. The largest absolute Gasteiger partial charge is 0.497 e. The number of rotatable bonds is 3. The molecule has 2 aromatic carbocycles. The molecular weight excluding hydrogens is 336 g/mol. The first kappa shape index (κ1) is 16.8. The third-order valence-electron chi connectivity index (χ3n) is 5.27. The summed E-state index contributed by atoms with van der Waals surface area (Å²) in [4.78, 5) is 0. The average Bonchev–Trinajstić information content (AvgIpc) is 3.08. The number of fused-ring (bicyclic) bond motifs is 2. The molecule has 0 radical (unpaired) electrons. The van der Waals surface area contributed by atoms with Crippen LogP contribution in [-0.4, -0.2) is 31.9 Å². The predicted molar refractivity (Wildman–Crippen MR) is 94.4 cm³/mol. The maximum Gasteiger partial charge on any atom is 0.231 e.